The third-order valence-corrected chi connectivity index (χ3v) is 2.39. The van der Waals surface area contributed by atoms with Crippen molar-refractivity contribution in [3.05, 3.63) is 52.3 Å². The average Bonchev–Trinajstić information content (AvgIpc) is 2.69. The Bertz CT molecular complexity index is 522. The molecule has 0 saturated heterocycles. The van der Waals surface area contributed by atoms with Crippen LogP contribution in [-0.4, -0.2) is 14.5 Å². The Morgan fingerprint density at radius 2 is 2.12 bits per heavy atom. The van der Waals surface area contributed by atoms with Crippen molar-refractivity contribution in [1.82, 2.24) is 9.55 Å². The van der Waals surface area contributed by atoms with Crippen LogP contribution < -0.4 is 5.32 Å². The number of nitrogens with zero attached hydrogens (tertiary/aromatic N) is 3. The molecule has 17 heavy (non-hydrogen) atoms. The molecule has 88 valence electrons. The van der Waals surface area contributed by atoms with Crippen LogP contribution in [0.25, 0.3) is 0 Å². The van der Waals surface area contributed by atoms with Gasteiger partial charge in [-0.05, 0) is 15.5 Å². The second-order valence-corrected chi connectivity index (χ2v) is 3.62. The Balaban J connectivity index is 2.14. The number of imidazole rings is 1. The number of rotatable bonds is 4. The fraction of sp³-hybridized carbons (Fsp3) is 0.182. The zero-order valence-electron chi connectivity index (χ0n) is 9.33. The molecule has 0 radical (unpaired) electrons. The van der Waals surface area contributed by atoms with Gasteiger partial charge in [-0.15, -0.1) is 0 Å². The van der Waals surface area contributed by atoms with Crippen molar-refractivity contribution in [2.24, 2.45) is 7.05 Å². The molecule has 0 bridgehead atoms. The second kappa shape index (κ2) is 4.65. The number of hydrogen-bond acceptors (Lipinski definition) is 4. The third-order valence-electron chi connectivity index (χ3n) is 2.39. The minimum absolute atomic E-state index is 0.150. The summed E-state index contributed by atoms with van der Waals surface area (Å²) >= 11 is 0. The number of hydrogen-bond donors (Lipinski definition) is 1. The van der Waals surface area contributed by atoms with Crippen LogP contribution in [0.5, 0.6) is 0 Å². The van der Waals surface area contributed by atoms with Gasteiger partial charge in [-0.3, -0.25) is 4.57 Å². The lowest BCUT2D eigenvalue weighted by atomic mass is 10.2. The summed E-state index contributed by atoms with van der Waals surface area (Å²) in [4.78, 5) is 14.0. The van der Waals surface area contributed by atoms with Crippen LogP contribution in [0.15, 0.2) is 36.7 Å². The molecule has 6 nitrogen and oxygen atoms in total. The van der Waals surface area contributed by atoms with Crippen LogP contribution in [0.3, 0.4) is 0 Å². The van der Waals surface area contributed by atoms with Gasteiger partial charge in [-0.25, -0.2) is 0 Å². The number of aromatic nitrogens is 2. The van der Waals surface area contributed by atoms with E-state index in [0.717, 1.165) is 5.56 Å². The summed E-state index contributed by atoms with van der Waals surface area (Å²) in [6, 6.07) is 9.68. The lowest BCUT2D eigenvalue weighted by Crippen LogP contribution is -2.05. The van der Waals surface area contributed by atoms with E-state index < -0.39 is 4.92 Å². The minimum Gasteiger partial charge on any atom is -0.360 e. The molecule has 0 aliphatic rings. The molecule has 0 saturated carbocycles. The Morgan fingerprint density at radius 3 is 2.76 bits per heavy atom. The van der Waals surface area contributed by atoms with Gasteiger partial charge in [0.05, 0.1) is 0 Å². The van der Waals surface area contributed by atoms with E-state index in [1.165, 1.54) is 6.33 Å². The quantitative estimate of drug-likeness (QED) is 0.645. The molecule has 0 atom stereocenters. The molecule has 0 amide bonds. The van der Waals surface area contributed by atoms with Gasteiger partial charge in [0.2, 0.25) is 12.1 Å². The van der Waals surface area contributed by atoms with Gasteiger partial charge >= 0.3 is 5.82 Å². The molecule has 0 aliphatic heterocycles. The molecule has 1 N–H and O–H groups in total. The van der Waals surface area contributed by atoms with Gasteiger partial charge in [0.25, 0.3) is 0 Å². The SMILES string of the molecule is Cn1cnc([N+](=O)[O-])c1NCc1ccccc1. The molecule has 0 spiro atoms. The summed E-state index contributed by atoms with van der Waals surface area (Å²) in [6.45, 7) is 0.529. The van der Waals surface area contributed by atoms with Crippen molar-refractivity contribution < 1.29 is 4.92 Å². The number of aryl methyl sites for hydroxylation is 1. The van der Waals surface area contributed by atoms with Gasteiger partial charge in [0, 0.05) is 13.6 Å². The molecular weight excluding hydrogens is 220 g/mol. The summed E-state index contributed by atoms with van der Waals surface area (Å²) < 4.78 is 1.60. The minimum atomic E-state index is -0.493. The van der Waals surface area contributed by atoms with E-state index in [-0.39, 0.29) is 5.82 Å². The zero-order chi connectivity index (χ0) is 12.3. The number of nitrogens with one attached hydrogen (secondary N) is 1. The second-order valence-electron chi connectivity index (χ2n) is 3.62. The normalized spacial score (nSPS) is 10.2. The van der Waals surface area contributed by atoms with Crippen molar-refractivity contribution in [3.8, 4) is 0 Å². The topological polar surface area (TPSA) is 73.0 Å². The molecule has 2 rings (SSSR count). The molecular formula is C11H12N4O2. The van der Waals surface area contributed by atoms with E-state index in [4.69, 9.17) is 0 Å². The van der Waals surface area contributed by atoms with Gasteiger partial charge in [-0.1, -0.05) is 30.3 Å². The van der Waals surface area contributed by atoms with E-state index in [0.29, 0.717) is 12.4 Å². The smallest absolute Gasteiger partial charge is 0.360 e. The fourth-order valence-corrected chi connectivity index (χ4v) is 1.54. The zero-order valence-corrected chi connectivity index (χ0v) is 9.33. The van der Waals surface area contributed by atoms with Crippen LogP contribution in [0.1, 0.15) is 5.56 Å². The van der Waals surface area contributed by atoms with E-state index in [1.807, 2.05) is 30.3 Å². The van der Waals surface area contributed by atoms with E-state index in [9.17, 15) is 10.1 Å². The Morgan fingerprint density at radius 1 is 1.41 bits per heavy atom. The third kappa shape index (κ3) is 2.41. The van der Waals surface area contributed by atoms with Crippen molar-refractivity contribution in [2.75, 3.05) is 5.32 Å². The van der Waals surface area contributed by atoms with E-state index in [2.05, 4.69) is 10.3 Å². The first-order chi connectivity index (χ1) is 8.18. The Labute approximate surface area is 98.1 Å². The largest absolute Gasteiger partial charge is 0.406 e. The Hall–Kier alpha value is -2.37. The van der Waals surface area contributed by atoms with Crippen LogP contribution in [0, 0.1) is 10.1 Å². The lowest BCUT2D eigenvalue weighted by Gasteiger charge is -2.05. The maximum Gasteiger partial charge on any atom is 0.406 e. The van der Waals surface area contributed by atoms with Gasteiger partial charge in [0.1, 0.15) is 0 Å². The van der Waals surface area contributed by atoms with Gasteiger partial charge in [0.15, 0.2) is 0 Å². The van der Waals surface area contributed by atoms with Crippen LogP contribution in [0.4, 0.5) is 11.6 Å². The highest BCUT2D eigenvalue weighted by Gasteiger charge is 2.19. The highest BCUT2D eigenvalue weighted by molar-refractivity contribution is 5.52. The number of nitro groups is 1. The molecule has 0 aliphatic carbocycles. The van der Waals surface area contributed by atoms with Crippen molar-refractivity contribution >= 4 is 11.6 Å². The fourth-order valence-electron chi connectivity index (χ4n) is 1.54. The number of benzene rings is 1. The van der Waals surface area contributed by atoms with E-state index in [1.54, 1.807) is 11.6 Å². The van der Waals surface area contributed by atoms with E-state index >= 15 is 0 Å². The predicted octanol–water partition coefficient (Wildman–Crippen LogP) is 1.94. The average molecular weight is 232 g/mol. The summed E-state index contributed by atoms with van der Waals surface area (Å²) in [6.07, 6.45) is 1.42. The molecule has 0 unspecified atom stereocenters. The summed E-state index contributed by atoms with van der Waals surface area (Å²) in [5.41, 5.74) is 1.06. The van der Waals surface area contributed by atoms with Crippen molar-refractivity contribution in [3.63, 3.8) is 0 Å². The monoisotopic (exact) mass is 232 g/mol. The highest BCUT2D eigenvalue weighted by atomic mass is 16.6. The first kappa shape index (κ1) is 11.1. The molecule has 1 aromatic heterocycles. The highest BCUT2D eigenvalue weighted by Crippen LogP contribution is 2.21. The van der Waals surface area contributed by atoms with Crippen molar-refractivity contribution in [2.45, 2.75) is 6.54 Å². The predicted molar refractivity (Wildman–Crippen MR) is 63.6 cm³/mol. The van der Waals surface area contributed by atoms with Crippen LogP contribution >= 0.6 is 0 Å². The summed E-state index contributed by atoms with van der Waals surface area (Å²) in [5, 5.41) is 13.8. The summed E-state index contributed by atoms with van der Waals surface area (Å²) in [7, 11) is 1.72. The van der Waals surface area contributed by atoms with Gasteiger partial charge < -0.3 is 15.4 Å². The molecule has 1 aromatic carbocycles. The van der Waals surface area contributed by atoms with Crippen LogP contribution in [-0.2, 0) is 13.6 Å². The van der Waals surface area contributed by atoms with Gasteiger partial charge in [-0.2, -0.15) is 0 Å². The van der Waals surface area contributed by atoms with Crippen molar-refractivity contribution in [1.29, 1.82) is 0 Å². The molecule has 2 aromatic rings. The molecule has 0 fully saturated rings. The maximum atomic E-state index is 10.7. The molecule has 1 heterocycles. The first-order valence-electron chi connectivity index (χ1n) is 5.12. The first-order valence-corrected chi connectivity index (χ1v) is 5.12. The number of anilines is 1. The Kier molecular flexibility index (Phi) is 3.04. The summed E-state index contributed by atoms with van der Waals surface area (Å²) in [5.74, 6) is 0.266. The standard InChI is InChI=1S/C11H12N4O2/c1-14-8-13-11(15(16)17)10(14)12-7-9-5-3-2-4-6-9/h2-6,8,12H,7H2,1H3. The van der Waals surface area contributed by atoms with Crippen LogP contribution in [0.2, 0.25) is 0 Å². The molecule has 6 heteroatoms. The lowest BCUT2D eigenvalue weighted by molar-refractivity contribution is -0.388. The maximum absolute atomic E-state index is 10.7.